The van der Waals surface area contributed by atoms with E-state index >= 15 is 0 Å². The first-order valence-corrected chi connectivity index (χ1v) is 12.7. The van der Waals surface area contributed by atoms with Gasteiger partial charge in [0.05, 0.1) is 5.34 Å². The summed E-state index contributed by atoms with van der Waals surface area (Å²) < 4.78 is -0.655. The van der Waals surface area contributed by atoms with Gasteiger partial charge < -0.3 is 0 Å². The minimum atomic E-state index is -0.292. The monoisotopic (exact) mass is 720 g/mol. The largest absolute Gasteiger partial charge is 0.130 e. The third-order valence-electron chi connectivity index (χ3n) is 3.40. The molecule has 0 radical (unpaired) electrons. The van der Waals surface area contributed by atoms with Crippen molar-refractivity contribution in [1.29, 1.82) is 0 Å². The molecule has 1 saturated carbocycles. The van der Waals surface area contributed by atoms with E-state index in [0.717, 1.165) is 12.8 Å². The molecule has 0 spiro atoms. The van der Waals surface area contributed by atoms with E-state index < -0.39 is 0 Å². The molecule has 1 aliphatic carbocycles. The summed E-state index contributed by atoms with van der Waals surface area (Å²) in [4.78, 5) is 0. The van der Waals surface area contributed by atoms with Crippen molar-refractivity contribution in [1.82, 2.24) is 0 Å². The lowest BCUT2D eigenvalue weighted by Crippen LogP contribution is -2.47. The van der Waals surface area contributed by atoms with Gasteiger partial charge in [0.2, 0.25) is 0 Å². The summed E-state index contributed by atoms with van der Waals surface area (Å²) in [5.74, 6) is 0. The number of rotatable bonds is 0. The Morgan fingerprint density at radius 1 is 0.571 bits per heavy atom. The normalized spacial score (nSPS) is 25.7. The Bertz CT molecular complexity index is 260. The summed E-state index contributed by atoms with van der Waals surface area (Å²) in [5, 5.41) is 0.194. The molecule has 1 rings (SSSR count). The predicted octanol–water partition coefficient (Wildman–Crippen LogP) is 9.39. The first-order chi connectivity index (χ1) is 9.62. The molecule has 128 valence electrons. The van der Waals surface area contributed by atoms with Crippen LogP contribution in [0.25, 0.3) is 0 Å². The summed E-state index contributed by atoms with van der Waals surface area (Å²) in [5.41, 5.74) is 0. The lowest BCUT2D eigenvalue weighted by Gasteiger charge is -2.44. The van der Waals surface area contributed by atoms with Gasteiger partial charge in [-0.05, 0) is 12.8 Å². The van der Waals surface area contributed by atoms with Gasteiger partial charge in [0.25, 0.3) is 0 Å². The Hall–Kier alpha value is 3.46. The van der Waals surface area contributed by atoms with Crippen LogP contribution in [0.1, 0.15) is 57.8 Å². The Labute approximate surface area is 189 Å². The molecular weight excluding hydrogens is 706 g/mol. The third-order valence-corrected chi connectivity index (χ3v) is 14.3. The van der Waals surface area contributed by atoms with E-state index in [9.17, 15) is 0 Å². The molecule has 1 aliphatic rings. The van der Waals surface area contributed by atoms with Gasteiger partial charge in [0.15, 0.2) is 0 Å². The summed E-state index contributed by atoms with van der Waals surface area (Å²) in [6, 6.07) is 0. The van der Waals surface area contributed by atoms with Crippen LogP contribution in [0.3, 0.4) is 0 Å². The fraction of sp³-hybridized carbons (Fsp3) is 1.00. The first kappa shape index (κ1) is 24.5. The highest BCUT2D eigenvalue weighted by Gasteiger charge is 2.56. The summed E-state index contributed by atoms with van der Waals surface area (Å²) in [6.07, 6.45) is 11.3. The van der Waals surface area contributed by atoms with Gasteiger partial charge >= 0.3 is 0 Å². The van der Waals surface area contributed by atoms with Crippen molar-refractivity contribution in [2.24, 2.45) is 0 Å². The van der Waals surface area contributed by atoms with Crippen LogP contribution in [0.4, 0.5) is 0 Å². The number of alkyl halides is 8. The molecule has 0 bridgehead atoms. The van der Waals surface area contributed by atoms with Crippen LogP contribution < -0.4 is 0 Å². The average Bonchev–Trinajstić information content (AvgIpc) is 2.36. The second-order valence-corrected chi connectivity index (χ2v) is 16.9. The van der Waals surface area contributed by atoms with Crippen molar-refractivity contribution in [3.63, 3.8) is 0 Å². The summed E-state index contributed by atoms with van der Waals surface area (Å²) in [7, 11) is 0. The molecule has 0 aromatic heterocycles. The van der Waals surface area contributed by atoms with Crippen LogP contribution in [0.15, 0.2) is 0 Å². The predicted molar refractivity (Wildman–Crippen MR) is 120 cm³/mol. The van der Waals surface area contributed by atoms with E-state index in [1.807, 2.05) is 0 Å². The summed E-state index contributed by atoms with van der Waals surface area (Å²) >= 11 is 32.6. The Balaban J connectivity index is 0.00000122. The van der Waals surface area contributed by atoms with Gasteiger partial charge in [-0.2, -0.15) is 0 Å². The number of hydrogen-bond acceptors (Lipinski definition) is 0. The molecule has 0 heterocycles. The van der Waals surface area contributed by atoms with E-state index in [0.29, 0.717) is 0 Å². The molecule has 0 N–H and O–H groups in total. The molecule has 0 atom stereocenters. The molecule has 0 saturated heterocycles. The first-order valence-electron chi connectivity index (χ1n) is 6.88. The second-order valence-electron chi connectivity index (χ2n) is 5.06. The SMILES string of the molecule is BrC1(Br)CCCCCCCCCC(Br)(Br)C1(Br)Br.ClCCl. The molecule has 0 nitrogen and oxygen atoms in total. The molecular formula is C13H20Br6Cl2. The molecule has 0 aromatic carbocycles. The Morgan fingerprint density at radius 2 is 0.810 bits per heavy atom. The molecule has 1 fully saturated rings. The fourth-order valence-electron chi connectivity index (χ4n) is 2.16. The molecule has 21 heavy (non-hydrogen) atoms. The van der Waals surface area contributed by atoms with Crippen LogP contribution in [-0.4, -0.2) is 15.0 Å². The van der Waals surface area contributed by atoms with E-state index in [1.165, 1.54) is 44.9 Å². The third kappa shape index (κ3) is 8.59. The van der Waals surface area contributed by atoms with Gasteiger partial charge in [0, 0.05) is 0 Å². The van der Waals surface area contributed by atoms with Crippen molar-refractivity contribution >= 4 is 119 Å². The Kier molecular flexibility index (Phi) is 13.9. The van der Waals surface area contributed by atoms with Crippen molar-refractivity contribution < 1.29 is 0 Å². The van der Waals surface area contributed by atoms with Crippen molar-refractivity contribution in [2.75, 3.05) is 5.34 Å². The van der Waals surface area contributed by atoms with Gasteiger partial charge in [-0.25, -0.2) is 0 Å². The molecule has 0 amide bonds. The van der Waals surface area contributed by atoms with Crippen molar-refractivity contribution in [2.45, 2.75) is 67.5 Å². The lowest BCUT2D eigenvalue weighted by molar-refractivity contribution is 0.502. The van der Waals surface area contributed by atoms with Crippen LogP contribution in [0.5, 0.6) is 0 Å². The zero-order valence-corrected chi connectivity index (χ0v) is 22.6. The maximum atomic E-state index is 4.76. The average molecular weight is 727 g/mol. The highest BCUT2D eigenvalue weighted by Crippen LogP contribution is 2.63. The molecule has 0 unspecified atom stereocenters. The maximum absolute atomic E-state index is 4.76. The molecule has 8 heteroatoms. The van der Waals surface area contributed by atoms with E-state index in [2.05, 4.69) is 95.6 Å². The Morgan fingerprint density at radius 3 is 1.10 bits per heavy atom. The van der Waals surface area contributed by atoms with Gasteiger partial charge in [0.1, 0.15) is 9.70 Å². The summed E-state index contributed by atoms with van der Waals surface area (Å²) in [6.45, 7) is 0. The van der Waals surface area contributed by atoms with Gasteiger partial charge in [-0.1, -0.05) is 141 Å². The lowest BCUT2D eigenvalue weighted by atomic mass is 10.0. The van der Waals surface area contributed by atoms with Crippen molar-refractivity contribution in [3.05, 3.63) is 0 Å². The van der Waals surface area contributed by atoms with E-state index in [-0.39, 0.29) is 15.0 Å². The molecule has 0 aromatic rings. The highest BCUT2D eigenvalue weighted by molar-refractivity contribution is 9.33. The smallest absolute Gasteiger partial charge is 0.109 e. The van der Waals surface area contributed by atoms with Crippen LogP contribution in [0, 0.1) is 0 Å². The topological polar surface area (TPSA) is 0 Å². The zero-order chi connectivity index (χ0) is 16.6. The van der Waals surface area contributed by atoms with E-state index in [4.69, 9.17) is 23.2 Å². The van der Waals surface area contributed by atoms with Crippen LogP contribution in [-0.2, 0) is 0 Å². The van der Waals surface area contributed by atoms with Crippen LogP contribution in [0.2, 0.25) is 0 Å². The minimum absolute atomic E-state index is 0.181. The maximum Gasteiger partial charge on any atom is 0.130 e. The highest BCUT2D eigenvalue weighted by atomic mass is 79.9. The minimum Gasteiger partial charge on any atom is -0.109 e. The number of halogens is 8. The fourth-order valence-corrected chi connectivity index (χ4v) is 6.49. The molecule has 0 aliphatic heterocycles. The number of hydrogen-bond donors (Lipinski definition) is 0. The quantitative estimate of drug-likeness (QED) is 0.219. The van der Waals surface area contributed by atoms with Crippen molar-refractivity contribution in [3.8, 4) is 0 Å². The standard InChI is InChI=1S/C12H18Br6.CH2Cl2/c13-10(14)8-6-4-2-1-3-5-7-9-11(15,16)12(10,17)18;2-1-3/h1-9H2;1H2. The second kappa shape index (κ2) is 12.0. The van der Waals surface area contributed by atoms with Crippen LogP contribution >= 0.6 is 119 Å². The zero-order valence-electron chi connectivity index (χ0n) is 11.6. The van der Waals surface area contributed by atoms with Gasteiger partial charge in [-0.15, -0.1) is 23.2 Å². The van der Waals surface area contributed by atoms with E-state index in [1.54, 1.807) is 0 Å². The van der Waals surface area contributed by atoms with Gasteiger partial charge in [-0.3, -0.25) is 0 Å².